The Morgan fingerprint density at radius 1 is 1.16 bits per heavy atom. The minimum absolute atomic E-state index is 0.172. The van der Waals surface area contributed by atoms with E-state index >= 15 is 0 Å². The van der Waals surface area contributed by atoms with Gasteiger partial charge in [-0.25, -0.2) is 0 Å². The maximum atomic E-state index is 3.52. The molecule has 0 saturated heterocycles. The summed E-state index contributed by atoms with van der Waals surface area (Å²) in [5.74, 6) is 0. The van der Waals surface area contributed by atoms with Crippen molar-refractivity contribution in [2.75, 3.05) is 39.5 Å². The quantitative estimate of drug-likeness (QED) is 0.773. The summed E-state index contributed by atoms with van der Waals surface area (Å²) in [4.78, 5) is 2.20. The fourth-order valence-electron chi connectivity index (χ4n) is 2.11. The number of nitrogens with zero attached hydrogens (tertiary/aromatic N) is 1. The van der Waals surface area contributed by atoms with Crippen LogP contribution in [0.3, 0.4) is 0 Å². The highest BCUT2D eigenvalue weighted by molar-refractivity contribution is 5.50. The standard InChI is InChI=1S/C16H29N3/c1-16(2,3)15-11-14(17-4)8-7-13(15)12-18-9-10-19(5)6/h7-8,11,17-18H,9-10,12H2,1-6H3. The highest BCUT2D eigenvalue weighted by atomic mass is 15.1. The third kappa shape index (κ3) is 5.21. The van der Waals surface area contributed by atoms with Crippen molar-refractivity contribution in [1.82, 2.24) is 10.2 Å². The third-order valence-corrected chi connectivity index (χ3v) is 3.26. The molecule has 0 aliphatic heterocycles. The number of benzene rings is 1. The zero-order valence-electron chi connectivity index (χ0n) is 13.3. The Morgan fingerprint density at radius 3 is 2.37 bits per heavy atom. The van der Waals surface area contributed by atoms with Crippen molar-refractivity contribution in [3.63, 3.8) is 0 Å². The first kappa shape index (κ1) is 16.0. The van der Waals surface area contributed by atoms with Crippen LogP contribution in [0.2, 0.25) is 0 Å². The largest absolute Gasteiger partial charge is 0.388 e. The van der Waals surface area contributed by atoms with Crippen molar-refractivity contribution in [3.05, 3.63) is 29.3 Å². The fraction of sp³-hybridized carbons (Fsp3) is 0.625. The van der Waals surface area contributed by atoms with E-state index in [2.05, 4.69) is 68.6 Å². The van der Waals surface area contributed by atoms with E-state index in [1.54, 1.807) is 0 Å². The summed E-state index contributed by atoms with van der Waals surface area (Å²) in [6, 6.07) is 6.65. The average molecular weight is 263 g/mol. The minimum atomic E-state index is 0.172. The monoisotopic (exact) mass is 263 g/mol. The van der Waals surface area contributed by atoms with Gasteiger partial charge in [0.15, 0.2) is 0 Å². The van der Waals surface area contributed by atoms with Gasteiger partial charge < -0.3 is 15.5 Å². The van der Waals surface area contributed by atoms with Gasteiger partial charge >= 0.3 is 0 Å². The van der Waals surface area contributed by atoms with Crippen LogP contribution in [-0.2, 0) is 12.0 Å². The molecule has 0 unspecified atom stereocenters. The van der Waals surface area contributed by atoms with E-state index in [0.29, 0.717) is 0 Å². The highest BCUT2D eigenvalue weighted by Crippen LogP contribution is 2.28. The molecule has 0 aliphatic rings. The zero-order chi connectivity index (χ0) is 14.5. The van der Waals surface area contributed by atoms with E-state index < -0.39 is 0 Å². The van der Waals surface area contributed by atoms with E-state index in [4.69, 9.17) is 0 Å². The number of anilines is 1. The van der Waals surface area contributed by atoms with Crippen molar-refractivity contribution in [3.8, 4) is 0 Å². The molecule has 0 saturated carbocycles. The molecule has 0 heterocycles. The van der Waals surface area contributed by atoms with Crippen molar-refractivity contribution in [2.24, 2.45) is 0 Å². The molecule has 0 aromatic heterocycles. The Labute approximate surface area is 118 Å². The fourth-order valence-corrected chi connectivity index (χ4v) is 2.11. The van der Waals surface area contributed by atoms with Gasteiger partial charge in [0.2, 0.25) is 0 Å². The first-order valence-corrected chi connectivity index (χ1v) is 7.01. The Morgan fingerprint density at radius 2 is 1.84 bits per heavy atom. The summed E-state index contributed by atoms with van der Waals surface area (Å²) in [7, 11) is 6.17. The molecular formula is C16H29N3. The van der Waals surface area contributed by atoms with Crippen molar-refractivity contribution in [1.29, 1.82) is 0 Å². The summed E-state index contributed by atoms with van der Waals surface area (Å²) in [5.41, 5.74) is 4.16. The smallest absolute Gasteiger partial charge is 0.0340 e. The molecule has 0 atom stereocenters. The molecule has 0 bridgehead atoms. The van der Waals surface area contributed by atoms with E-state index in [0.717, 1.165) is 19.6 Å². The summed E-state index contributed by atoms with van der Waals surface area (Å²) in [6.07, 6.45) is 0. The maximum Gasteiger partial charge on any atom is 0.0340 e. The van der Waals surface area contributed by atoms with Gasteiger partial charge in [0, 0.05) is 32.4 Å². The van der Waals surface area contributed by atoms with Crippen LogP contribution >= 0.6 is 0 Å². The van der Waals surface area contributed by atoms with Crippen LogP contribution in [0.25, 0.3) is 0 Å². The van der Waals surface area contributed by atoms with Crippen LogP contribution in [0.5, 0.6) is 0 Å². The van der Waals surface area contributed by atoms with Gasteiger partial charge in [0.05, 0.1) is 0 Å². The molecule has 0 radical (unpaired) electrons. The summed E-state index contributed by atoms with van der Waals surface area (Å²) >= 11 is 0. The van der Waals surface area contributed by atoms with Crippen molar-refractivity contribution < 1.29 is 0 Å². The second-order valence-corrected chi connectivity index (χ2v) is 6.35. The van der Waals surface area contributed by atoms with Gasteiger partial charge in [-0.3, -0.25) is 0 Å². The third-order valence-electron chi connectivity index (χ3n) is 3.26. The number of rotatable bonds is 6. The van der Waals surface area contributed by atoms with Gasteiger partial charge in [-0.15, -0.1) is 0 Å². The Balaban J connectivity index is 2.76. The number of hydrogen-bond acceptors (Lipinski definition) is 3. The second-order valence-electron chi connectivity index (χ2n) is 6.35. The van der Waals surface area contributed by atoms with Gasteiger partial charge in [-0.1, -0.05) is 26.8 Å². The van der Waals surface area contributed by atoms with Crippen LogP contribution in [0, 0.1) is 0 Å². The number of hydrogen-bond donors (Lipinski definition) is 2. The van der Waals surface area contributed by atoms with Crippen molar-refractivity contribution in [2.45, 2.75) is 32.7 Å². The van der Waals surface area contributed by atoms with Gasteiger partial charge in [0.1, 0.15) is 0 Å². The van der Waals surface area contributed by atoms with E-state index in [-0.39, 0.29) is 5.41 Å². The lowest BCUT2D eigenvalue weighted by atomic mass is 9.83. The van der Waals surface area contributed by atoms with E-state index in [9.17, 15) is 0 Å². The Kier molecular flexibility index (Phi) is 5.83. The molecule has 0 fully saturated rings. The summed E-state index contributed by atoms with van der Waals surface area (Å²) in [5, 5.41) is 6.74. The Hall–Kier alpha value is -1.06. The lowest BCUT2D eigenvalue weighted by Crippen LogP contribution is -2.27. The molecule has 3 heteroatoms. The molecule has 19 heavy (non-hydrogen) atoms. The topological polar surface area (TPSA) is 27.3 Å². The predicted octanol–water partition coefficient (Wildman–Crippen LogP) is 2.68. The van der Waals surface area contributed by atoms with Gasteiger partial charge in [-0.2, -0.15) is 0 Å². The summed E-state index contributed by atoms with van der Waals surface area (Å²) in [6.45, 7) is 9.83. The SMILES string of the molecule is CNc1ccc(CNCCN(C)C)c(C(C)(C)C)c1. The van der Waals surface area contributed by atoms with Gasteiger partial charge in [-0.05, 0) is 42.8 Å². The van der Waals surface area contributed by atoms with Crippen molar-refractivity contribution >= 4 is 5.69 Å². The lowest BCUT2D eigenvalue weighted by molar-refractivity contribution is 0.399. The first-order chi connectivity index (χ1) is 8.84. The molecule has 3 nitrogen and oxygen atoms in total. The molecule has 0 aliphatic carbocycles. The second kappa shape index (κ2) is 6.92. The van der Waals surface area contributed by atoms with Gasteiger partial charge in [0.25, 0.3) is 0 Å². The average Bonchev–Trinajstić information content (AvgIpc) is 2.33. The van der Waals surface area contributed by atoms with Crippen LogP contribution in [0.4, 0.5) is 5.69 Å². The normalized spacial score (nSPS) is 11.9. The maximum absolute atomic E-state index is 3.52. The Bertz CT molecular complexity index is 391. The molecule has 0 spiro atoms. The molecule has 1 aromatic carbocycles. The zero-order valence-corrected chi connectivity index (χ0v) is 13.3. The van der Waals surface area contributed by atoms with Crippen LogP contribution in [-0.4, -0.2) is 39.1 Å². The van der Waals surface area contributed by atoms with E-state index in [1.165, 1.54) is 16.8 Å². The molecule has 108 valence electrons. The molecular weight excluding hydrogens is 234 g/mol. The number of nitrogens with one attached hydrogen (secondary N) is 2. The predicted molar refractivity (Wildman–Crippen MR) is 84.9 cm³/mol. The van der Waals surface area contributed by atoms with E-state index in [1.807, 2.05) is 7.05 Å². The minimum Gasteiger partial charge on any atom is -0.388 e. The molecule has 1 aromatic rings. The molecule has 0 amide bonds. The van der Waals surface area contributed by atoms with Crippen LogP contribution < -0.4 is 10.6 Å². The first-order valence-electron chi connectivity index (χ1n) is 7.01. The van der Waals surface area contributed by atoms with Crippen LogP contribution in [0.1, 0.15) is 31.9 Å². The molecule has 1 rings (SSSR count). The summed E-state index contributed by atoms with van der Waals surface area (Å²) < 4.78 is 0. The molecule has 2 N–H and O–H groups in total. The lowest BCUT2D eigenvalue weighted by Gasteiger charge is -2.24. The van der Waals surface area contributed by atoms with Crippen LogP contribution in [0.15, 0.2) is 18.2 Å². The highest BCUT2D eigenvalue weighted by Gasteiger charge is 2.18. The number of likely N-dealkylation sites (N-methyl/N-ethyl adjacent to an activating group) is 1.